The molecular formula is C51H80ClFN2O13. The highest BCUT2D eigenvalue weighted by Crippen LogP contribution is 2.45. The average molecular weight is 984 g/mol. The van der Waals surface area contributed by atoms with Crippen LogP contribution >= 0.6 is 11.6 Å². The Balaban J connectivity index is 1.44. The molecule has 2 N–H and O–H groups in total. The first-order chi connectivity index (χ1) is 31.8. The Labute approximate surface area is 408 Å². The zero-order chi connectivity index (χ0) is 50.4. The summed E-state index contributed by atoms with van der Waals surface area (Å²) in [5.41, 5.74) is -3.18. The number of benzene rings is 1. The second-order valence-corrected chi connectivity index (χ2v) is 21.8. The SMILES string of the molecule is CCC1OC(=O)C(C)C(OC2CC(C)(OC)C(O)C(C)O2)C(C)C(OC2OC(C)CC(N3C(C)CCC3C)C2O)C(C)(OC)CC(C)C(=O)C(C)C2N(CCc3ccc(F)c(Cl)c3)C(=O)OC12C. The molecule has 5 aliphatic heterocycles. The fourth-order valence-electron chi connectivity index (χ4n) is 12.5. The van der Waals surface area contributed by atoms with Crippen molar-refractivity contribution in [1.82, 2.24) is 9.80 Å². The van der Waals surface area contributed by atoms with E-state index in [1.165, 1.54) is 24.1 Å². The number of ketones is 1. The highest BCUT2D eigenvalue weighted by molar-refractivity contribution is 6.30. The maximum atomic E-state index is 15.1. The number of esters is 1. The average Bonchev–Trinajstić information content (AvgIpc) is 3.77. The number of methoxy groups -OCH3 is 2. The maximum Gasteiger partial charge on any atom is 0.410 e. The van der Waals surface area contributed by atoms with Gasteiger partial charge in [0.2, 0.25) is 0 Å². The Morgan fingerprint density at radius 2 is 1.53 bits per heavy atom. The van der Waals surface area contributed by atoms with Crippen molar-refractivity contribution < 1.29 is 66.9 Å². The molecule has 1 aromatic carbocycles. The molecule has 68 heavy (non-hydrogen) atoms. The smallest absolute Gasteiger partial charge is 0.410 e. The summed E-state index contributed by atoms with van der Waals surface area (Å²) in [5.74, 6) is -4.74. The molecule has 0 aliphatic carbocycles. The van der Waals surface area contributed by atoms with Gasteiger partial charge in [0, 0.05) is 63.1 Å². The number of ether oxygens (including phenoxy) is 8. The second kappa shape index (κ2) is 21.7. The lowest BCUT2D eigenvalue weighted by atomic mass is 9.73. The Morgan fingerprint density at radius 3 is 2.13 bits per heavy atom. The number of carbonyl (C=O) groups is 3. The van der Waals surface area contributed by atoms with Crippen molar-refractivity contribution in [2.24, 2.45) is 23.7 Å². The van der Waals surface area contributed by atoms with Crippen LogP contribution in [0.5, 0.6) is 0 Å². The van der Waals surface area contributed by atoms with Crippen LogP contribution in [0.3, 0.4) is 0 Å². The molecule has 6 rings (SSSR count). The number of cyclic esters (lactones) is 1. The number of amides is 1. The summed E-state index contributed by atoms with van der Waals surface area (Å²) in [4.78, 5) is 48.1. The summed E-state index contributed by atoms with van der Waals surface area (Å²) in [7, 11) is 3.06. The van der Waals surface area contributed by atoms with Crippen LogP contribution in [-0.4, -0.2) is 155 Å². The van der Waals surface area contributed by atoms with Gasteiger partial charge in [-0.2, -0.15) is 0 Å². The molecule has 1 amide bonds. The van der Waals surface area contributed by atoms with Crippen molar-refractivity contribution in [3.05, 3.63) is 34.6 Å². The number of nitrogens with zero attached hydrogens (tertiary/aromatic N) is 2. The minimum Gasteiger partial charge on any atom is -0.458 e. The molecular weight excluding hydrogens is 903 g/mol. The molecule has 0 spiro atoms. The fraction of sp³-hybridized carbons (Fsp3) is 0.824. The van der Waals surface area contributed by atoms with E-state index in [0.717, 1.165) is 12.8 Å². The molecule has 386 valence electrons. The third-order valence-electron chi connectivity index (χ3n) is 16.5. The van der Waals surface area contributed by atoms with Crippen LogP contribution in [0.1, 0.15) is 127 Å². The number of aliphatic hydroxyl groups is 2. The molecule has 0 radical (unpaired) electrons. The van der Waals surface area contributed by atoms with E-state index in [9.17, 15) is 24.2 Å². The number of rotatable bonds is 11. The number of aliphatic hydroxyl groups excluding tert-OH is 2. The topological polar surface area (TPSA) is 172 Å². The van der Waals surface area contributed by atoms with Crippen LogP contribution < -0.4 is 0 Å². The first-order valence-electron chi connectivity index (χ1n) is 24.9. The number of hydrogen-bond acceptors (Lipinski definition) is 14. The molecule has 1 aromatic rings. The lowest BCUT2D eigenvalue weighted by Gasteiger charge is -2.50. The molecule has 0 bridgehead atoms. The minimum atomic E-state index is -1.50. The Hall–Kier alpha value is -2.51. The summed E-state index contributed by atoms with van der Waals surface area (Å²) in [5, 5.41) is 23.4. The lowest BCUT2D eigenvalue weighted by molar-refractivity contribution is -0.320. The van der Waals surface area contributed by atoms with Gasteiger partial charge in [-0.15, -0.1) is 0 Å². The van der Waals surface area contributed by atoms with Crippen LogP contribution in [0.2, 0.25) is 5.02 Å². The van der Waals surface area contributed by atoms with Gasteiger partial charge in [-0.25, -0.2) is 9.18 Å². The monoisotopic (exact) mass is 983 g/mol. The van der Waals surface area contributed by atoms with Crippen LogP contribution in [0.4, 0.5) is 9.18 Å². The molecule has 5 saturated heterocycles. The van der Waals surface area contributed by atoms with Crippen molar-refractivity contribution in [2.75, 3.05) is 20.8 Å². The first-order valence-corrected chi connectivity index (χ1v) is 25.3. The summed E-state index contributed by atoms with van der Waals surface area (Å²) in [6.07, 6.45) is -5.55. The summed E-state index contributed by atoms with van der Waals surface area (Å²) < 4.78 is 66.1. The highest BCUT2D eigenvalue weighted by Gasteiger charge is 2.61. The van der Waals surface area contributed by atoms with Crippen LogP contribution in [-0.2, 0) is 53.9 Å². The molecule has 5 aliphatic rings. The van der Waals surface area contributed by atoms with E-state index >= 15 is 4.79 Å². The van der Waals surface area contributed by atoms with E-state index in [0.29, 0.717) is 12.0 Å². The molecule has 5 heterocycles. The Morgan fingerprint density at radius 1 is 0.882 bits per heavy atom. The van der Waals surface area contributed by atoms with Crippen molar-refractivity contribution >= 4 is 29.4 Å². The number of Topliss-reactive ketones (excluding diaryl/α,β-unsaturated/α-hetero) is 1. The molecule has 20 atom stereocenters. The van der Waals surface area contributed by atoms with Crippen LogP contribution in [0.25, 0.3) is 0 Å². The quantitative estimate of drug-likeness (QED) is 0.212. The highest BCUT2D eigenvalue weighted by atomic mass is 35.5. The van der Waals surface area contributed by atoms with E-state index in [1.807, 2.05) is 34.6 Å². The molecule has 17 heteroatoms. The van der Waals surface area contributed by atoms with Gasteiger partial charge >= 0.3 is 12.1 Å². The van der Waals surface area contributed by atoms with E-state index in [1.54, 1.807) is 47.8 Å². The lowest BCUT2D eigenvalue weighted by Crippen LogP contribution is -2.62. The predicted octanol–water partition coefficient (Wildman–Crippen LogP) is 7.25. The third kappa shape index (κ3) is 10.8. The maximum absolute atomic E-state index is 15.1. The van der Waals surface area contributed by atoms with Crippen molar-refractivity contribution in [3.63, 3.8) is 0 Å². The molecule has 20 unspecified atom stereocenters. The van der Waals surface area contributed by atoms with Gasteiger partial charge in [0.25, 0.3) is 0 Å². The number of fused-ring (bicyclic) bond motifs is 1. The largest absolute Gasteiger partial charge is 0.458 e. The van der Waals surface area contributed by atoms with Crippen molar-refractivity contribution in [3.8, 4) is 0 Å². The number of hydrogen-bond donors (Lipinski definition) is 2. The Kier molecular flexibility index (Phi) is 17.5. The first kappa shape index (κ1) is 54.8. The summed E-state index contributed by atoms with van der Waals surface area (Å²) in [6, 6.07) is 3.68. The van der Waals surface area contributed by atoms with Crippen LogP contribution in [0, 0.1) is 29.5 Å². The molecule has 0 saturated carbocycles. The normalized spacial score (nSPS) is 44.6. The van der Waals surface area contributed by atoms with Crippen LogP contribution in [0.15, 0.2) is 18.2 Å². The number of carbonyl (C=O) groups excluding carboxylic acids is 3. The summed E-state index contributed by atoms with van der Waals surface area (Å²) in [6.45, 7) is 22.5. The van der Waals surface area contributed by atoms with E-state index < -0.39 is 114 Å². The van der Waals surface area contributed by atoms with E-state index in [2.05, 4.69) is 18.7 Å². The zero-order valence-electron chi connectivity index (χ0n) is 42.7. The molecule has 0 aromatic heterocycles. The second-order valence-electron chi connectivity index (χ2n) is 21.4. The number of likely N-dealkylation sites (tertiary alicyclic amines) is 1. The Bertz CT molecular complexity index is 1920. The van der Waals surface area contributed by atoms with Gasteiger partial charge in [-0.05, 0) is 112 Å². The van der Waals surface area contributed by atoms with Gasteiger partial charge in [0.05, 0.1) is 52.6 Å². The standard InChI is InChI=1S/C51H80ClFN2O13/c1-15-38-51(12)43(54(48(60)68-51)21-20-34-18-19-36(53)35(52)23-34)30(6)40(56)26(2)24-50(11,62-14)45(67-47-41(57)37(22-29(5)63-47)55-27(3)16-17-28(55)4)31(7)42(32(8)46(59)65-38)66-39-25-49(10,61-13)44(58)33(9)64-39/h18-19,23,26-33,37-39,41-45,47,57-58H,15-17,20-22,24-25H2,1-14H3. The fourth-order valence-corrected chi connectivity index (χ4v) is 12.7. The van der Waals surface area contributed by atoms with Crippen molar-refractivity contribution in [1.29, 1.82) is 0 Å². The van der Waals surface area contributed by atoms with Gasteiger partial charge < -0.3 is 48.1 Å². The predicted molar refractivity (Wildman–Crippen MR) is 251 cm³/mol. The van der Waals surface area contributed by atoms with Gasteiger partial charge in [-0.1, -0.05) is 45.4 Å². The minimum absolute atomic E-state index is 0.0524. The summed E-state index contributed by atoms with van der Waals surface area (Å²) >= 11 is 6.14. The van der Waals surface area contributed by atoms with E-state index in [4.69, 9.17) is 49.5 Å². The molecule has 5 fully saturated rings. The molecule has 15 nitrogen and oxygen atoms in total. The van der Waals surface area contributed by atoms with Gasteiger partial charge in [0.15, 0.2) is 18.2 Å². The van der Waals surface area contributed by atoms with Gasteiger partial charge in [0.1, 0.15) is 29.9 Å². The van der Waals surface area contributed by atoms with E-state index in [-0.39, 0.29) is 67.3 Å². The van der Waals surface area contributed by atoms with Gasteiger partial charge in [-0.3, -0.25) is 19.4 Å². The zero-order valence-corrected chi connectivity index (χ0v) is 43.5. The number of halogens is 2. The van der Waals surface area contributed by atoms with Crippen molar-refractivity contribution in [2.45, 2.75) is 224 Å². The third-order valence-corrected chi connectivity index (χ3v) is 16.8.